The van der Waals surface area contributed by atoms with Gasteiger partial charge in [-0.2, -0.15) is 0 Å². The lowest BCUT2D eigenvalue weighted by Crippen LogP contribution is -2.45. The van der Waals surface area contributed by atoms with Crippen molar-refractivity contribution in [2.45, 2.75) is 31.4 Å². The van der Waals surface area contributed by atoms with Crippen LogP contribution in [-0.2, 0) is 23.3 Å². The molecule has 3 aromatic rings. The van der Waals surface area contributed by atoms with Crippen LogP contribution in [0.25, 0.3) is 4.96 Å². The molecule has 2 aliphatic rings. The SMILES string of the molecule is O=c1cc(CN2CCC3(CC2)OCCc2ccsc23)nc2sccn12. The number of fused-ring (bicyclic) bond motifs is 3. The third-order valence-electron chi connectivity index (χ3n) is 5.32. The summed E-state index contributed by atoms with van der Waals surface area (Å²) < 4.78 is 7.88. The Balaban J connectivity index is 1.33. The van der Waals surface area contributed by atoms with Gasteiger partial charge in [-0.25, -0.2) is 4.98 Å². The van der Waals surface area contributed by atoms with E-state index < -0.39 is 0 Å². The van der Waals surface area contributed by atoms with Crippen molar-refractivity contribution in [3.63, 3.8) is 0 Å². The van der Waals surface area contributed by atoms with Crippen LogP contribution >= 0.6 is 22.7 Å². The number of thiophene rings is 1. The van der Waals surface area contributed by atoms with Gasteiger partial charge < -0.3 is 4.74 Å². The van der Waals surface area contributed by atoms with Crippen LogP contribution in [0.2, 0.25) is 0 Å². The van der Waals surface area contributed by atoms with Crippen LogP contribution in [0.1, 0.15) is 29.0 Å². The Morgan fingerprint density at radius 2 is 2.12 bits per heavy atom. The fourth-order valence-electron chi connectivity index (χ4n) is 4.00. The summed E-state index contributed by atoms with van der Waals surface area (Å²) in [6, 6.07) is 3.92. The lowest BCUT2D eigenvalue weighted by molar-refractivity contribution is -0.0961. The number of aromatic nitrogens is 2. The maximum absolute atomic E-state index is 12.1. The minimum atomic E-state index is -0.0804. The molecule has 5 nitrogen and oxygen atoms in total. The highest BCUT2D eigenvalue weighted by Crippen LogP contribution is 2.44. The van der Waals surface area contributed by atoms with Crippen LogP contribution in [0.3, 0.4) is 0 Å². The van der Waals surface area contributed by atoms with E-state index in [1.54, 1.807) is 16.7 Å². The Bertz CT molecular complexity index is 966. The second kappa shape index (κ2) is 6.02. The first-order valence-electron chi connectivity index (χ1n) is 8.62. The largest absolute Gasteiger partial charge is 0.369 e. The summed E-state index contributed by atoms with van der Waals surface area (Å²) in [5, 5.41) is 4.10. The van der Waals surface area contributed by atoms with Crippen molar-refractivity contribution in [1.29, 1.82) is 0 Å². The van der Waals surface area contributed by atoms with Gasteiger partial charge >= 0.3 is 0 Å². The summed E-state index contributed by atoms with van der Waals surface area (Å²) in [6.07, 6.45) is 4.85. The van der Waals surface area contributed by atoms with E-state index in [4.69, 9.17) is 4.74 Å². The van der Waals surface area contributed by atoms with E-state index >= 15 is 0 Å². The van der Waals surface area contributed by atoms with Crippen LogP contribution in [-0.4, -0.2) is 34.0 Å². The molecule has 3 aromatic heterocycles. The third-order valence-corrected chi connectivity index (χ3v) is 7.21. The summed E-state index contributed by atoms with van der Waals surface area (Å²) in [7, 11) is 0. The predicted molar refractivity (Wildman–Crippen MR) is 99.5 cm³/mol. The van der Waals surface area contributed by atoms with Crippen LogP contribution in [0.15, 0.2) is 33.9 Å². The van der Waals surface area contributed by atoms with Crippen molar-refractivity contribution >= 4 is 27.6 Å². The highest BCUT2D eigenvalue weighted by Gasteiger charge is 2.41. The minimum Gasteiger partial charge on any atom is -0.369 e. The number of likely N-dealkylation sites (tertiary alicyclic amines) is 1. The summed E-state index contributed by atoms with van der Waals surface area (Å²) >= 11 is 3.34. The van der Waals surface area contributed by atoms with Crippen LogP contribution in [0.4, 0.5) is 0 Å². The zero-order valence-corrected chi connectivity index (χ0v) is 15.4. The van der Waals surface area contributed by atoms with E-state index in [1.165, 1.54) is 21.8 Å². The second-order valence-corrected chi connectivity index (χ2v) is 8.57. The maximum atomic E-state index is 12.1. The normalized spacial score (nSPS) is 20.2. The van der Waals surface area contributed by atoms with E-state index in [-0.39, 0.29) is 11.2 Å². The van der Waals surface area contributed by atoms with Gasteiger partial charge in [0.2, 0.25) is 0 Å². The Hall–Kier alpha value is -1.54. The van der Waals surface area contributed by atoms with Gasteiger partial charge in [0.15, 0.2) is 4.96 Å². The van der Waals surface area contributed by atoms with E-state index in [0.717, 1.165) is 56.2 Å². The average molecular weight is 374 g/mol. The van der Waals surface area contributed by atoms with Crippen LogP contribution < -0.4 is 5.56 Å². The van der Waals surface area contributed by atoms with E-state index in [1.807, 2.05) is 16.7 Å². The molecule has 0 bridgehead atoms. The van der Waals surface area contributed by atoms with Crippen molar-refractivity contribution in [3.05, 3.63) is 55.6 Å². The standard InChI is InChI=1S/C18H19N3O2S2/c22-15-11-14(19-17-21(15)7-10-25-17)12-20-5-3-18(4-6-20)16-13(1-8-23-18)2-9-24-16/h2,7,9-11H,1,3-6,8,12H2. The van der Waals surface area contributed by atoms with Gasteiger partial charge in [-0.15, -0.1) is 22.7 Å². The van der Waals surface area contributed by atoms with Crippen molar-refractivity contribution < 1.29 is 4.74 Å². The van der Waals surface area contributed by atoms with E-state index in [0.29, 0.717) is 0 Å². The quantitative estimate of drug-likeness (QED) is 0.693. The van der Waals surface area contributed by atoms with Crippen molar-refractivity contribution in [2.24, 2.45) is 0 Å². The van der Waals surface area contributed by atoms with Crippen molar-refractivity contribution in [3.8, 4) is 0 Å². The number of hydrogen-bond donors (Lipinski definition) is 0. The number of nitrogens with zero attached hydrogens (tertiary/aromatic N) is 3. The maximum Gasteiger partial charge on any atom is 0.258 e. The van der Waals surface area contributed by atoms with Gasteiger partial charge in [0.1, 0.15) is 5.60 Å². The predicted octanol–water partition coefficient (Wildman–Crippen LogP) is 2.88. The van der Waals surface area contributed by atoms with Gasteiger partial charge in [-0.1, -0.05) is 0 Å². The molecule has 0 aliphatic carbocycles. The molecule has 1 saturated heterocycles. The molecular formula is C18H19N3O2S2. The lowest BCUT2D eigenvalue weighted by Gasteiger charge is -2.43. The van der Waals surface area contributed by atoms with Crippen LogP contribution in [0.5, 0.6) is 0 Å². The van der Waals surface area contributed by atoms with E-state index in [2.05, 4.69) is 21.3 Å². The number of ether oxygens (including phenoxy) is 1. The fraction of sp³-hybridized carbons (Fsp3) is 0.444. The molecule has 0 radical (unpaired) electrons. The average Bonchev–Trinajstić information content (AvgIpc) is 3.27. The zero-order chi connectivity index (χ0) is 16.9. The molecule has 0 amide bonds. The molecule has 5 rings (SSSR count). The van der Waals surface area contributed by atoms with Gasteiger partial charge in [0.05, 0.1) is 12.3 Å². The molecule has 0 saturated carbocycles. The lowest BCUT2D eigenvalue weighted by atomic mass is 9.85. The Morgan fingerprint density at radius 3 is 3.00 bits per heavy atom. The van der Waals surface area contributed by atoms with Gasteiger partial charge in [0.25, 0.3) is 5.56 Å². The molecule has 0 atom stereocenters. The molecule has 0 N–H and O–H groups in total. The molecule has 2 aliphatic heterocycles. The molecule has 0 unspecified atom stereocenters. The smallest absolute Gasteiger partial charge is 0.258 e. The molecule has 25 heavy (non-hydrogen) atoms. The highest BCUT2D eigenvalue weighted by atomic mass is 32.1. The first kappa shape index (κ1) is 15.7. The Labute approximate surface area is 153 Å². The minimum absolute atomic E-state index is 0.00794. The number of hydrogen-bond acceptors (Lipinski definition) is 6. The number of thiazole rings is 1. The molecule has 1 spiro atoms. The molecular weight excluding hydrogens is 354 g/mol. The van der Waals surface area contributed by atoms with Crippen molar-refractivity contribution in [2.75, 3.05) is 19.7 Å². The second-order valence-electron chi connectivity index (χ2n) is 6.79. The van der Waals surface area contributed by atoms with Gasteiger partial charge in [-0.3, -0.25) is 14.1 Å². The summed E-state index contributed by atoms with van der Waals surface area (Å²) in [5.41, 5.74) is 2.27. The topological polar surface area (TPSA) is 46.8 Å². The molecule has 5 heterocycles. The Morgan fingerprint density at radius 1 is 1.24 bits per heavy atom. The summed E-state index contributed by atoms with van der Waals surface area (Å²) in [5.74, 6) is 0. The molecule has 7 heteroatoms. The zero-order valence-electron chi connectivity index (χ0n) is 13.8. The fourth-order valence-corrected chi connectivity index (χ4v) is 5.90. The molecule has 130 valence electrons. The van der Waals surface area contributed by atoms with Crippen LogP contribution in [0, 0.1) is 0 Å². The first-order chi connectivity index (χ1) is 12.2. The number of piperidine rings is 1. The molecule has 0 aromatic carbocycles. The van der Waals surface area contributed by atoms with Gasteiger partial charge in [0, 0.05) is 42.2 Å². The van der Waals surface area contributed by atoms with Gasteiger partial charge in [-0.05, 0) is 36.3 Å². The third kappa shape index (κ3) is 2.66. The van der Waals surface area contributed by atoms with E-state index in [9.17, 15) is 4.79 Å². The highest BCUT2D eigenvalue weighted by molar-refractivity contribution is 7.15. The monoisotopic (exact) mass is 373 g/mol. The van der Waals surface area contributed by atoms with Crippen molar-refractivity contribution in [1.82, 2.24) is 14.3 Å². The Kier molecular flexibility index (Phi) is 3.78. The number of rotatable bonds is 2. The summed E-state index contributed by atoms with van der Waals surface area (Å²) in [4.78, 5) is 21.4. The summed E-state index contributed by atoms with van der Waals surface area (Å²) in [6.45, 7) is 3.51. The molecule has 1 fully saturated rings. The first-order valence-corrected chi connectivity index (χ1v) is 10.4.